The smallest absolute Gasteiger partial charge is 0.416 e. The minimum Gasteiger partial charge on any atom is -0.478 e. The van der Waals surface area contributed by atoms with Gasteiger partial charge in [0.1, 0.15) is 0 Å². The van der Waals surface area contributed by atoms with E-state index in [9.17, 15) is 18.0 Å². The van der Waals surface area contributed by atoms with Crippen LogP contribution in [-0.4, -0.2) is 11.1 Å². The summed E-state index contributed by atoms with van der Waals surface area (Å²) in [5.41, 5.74) is -0.844. The van der Waals surface area contributed by atoms with Gasteiger partial charge in [-0.1, -0.05) is 28.7 Å². The maximum Gasteiger partial charge on any atom is 0.416 e. The van der Waals surface area contributed by atoms with E-state index in [0.717, 1.165) is 6.07 Å². The predicted molar refractivity (Wildman–Crippen MR) is 56.1 cm³/mol. The maximum absolute atomic E-state index is 12.3. The van der Waals surface area contributed by atoms with Gasteiger partial charge in [0.15, 0.2) is 0 Å². The van der Waals surface area contributed by atoms with Crippen molar-refractivity contribution < 1.29 is 23.1 Å². The maximum atomic E-state index is 12.3. The fourth-order valence-electron chi connectivity index (χ4n) is 1.07. The molecule has 0 radical (unpaired) electrons. The van der Waals surface area contributed by atoms with Crippen LogP contribution < -0.4 is 0 Å². The number of halogens is 4. The molecule has 15 heavy (non-hydrogen) atoms. The zero-order chi connectivity index (χ0) is 11.6. The van der Waals surface area contributed by atoms with Crippen LogP contribution in [-0.2, 0) is 10.6 Å². The second-order valence-corrected chi connectivity index (χ2v) is 3.57. The first-order valence-electron chi connectivity index (χ1n) is 3.85. The molecule has 82 valence electrons. The second kappa shape index (κ2) is 4.38. The summed E-state index contributed by atoms with van der Waals surface area (Å²) < 4.78 is 37.2. The molecule has 0 atom stereocenters. The lowest BCUT2D eigenvalue weighted by Gasteiger charge is -2.09. The number of hydrogen-bond acceptors (Lipinski definition) is 1. The van der Waals surface area contributed by atoms with Crippen molar-refractivity contribution >= 4 is 28.6 Å². The molecule has 0 spiro atoms. The van der Waals surface area contributed by atoms with Gasteiger partial charge in [-0.3, -0.25) is 0 Å². The van der Waals surface area contributed by atoms with E-state index in [1.54, 1.807) is 0 Å². The largest absolute Gasteiger partial charge is 0.478 e. The van der Waals surface area contributed by atoms with Crippen molar-refractivity contribution in [3.63, 3.8) is 0 Å². The molecule has 0 amide bonds. The van der Waals surface area contributed by atoms with Gasteiger partial charge in [-0.15, -0.1) is 0 Å². The molecule has 1 aromatic carbocycles. The molecule has 0 aliphatic carbocycles. The summed E-state index contributed by atoms with van der Waals surface area (Å²) in [6, 6.07) is 2.75. The molecule has 0 aromatic heterocycles. The van der Waals surface area contributed by atoms with Gasteiger partial charge in [0.25, 0.3) is 0 Å². The molecule has 2 nitrogen and oxygen atoms in total. The Kier molecular flexibility index (Phi) is 3.58. The SMILES string of the molecule is O=C(O)c1cc(C(F)(F)F)ccc1CI. The van der Waals surface area contributed by atoms with E-state index in [1.807, 2.05) is 22.6 Å². The molecule has 0 heterocycles. The Bertz CT molecular complexity index is 387. The third-order valence-electron chi connectivity index (χ3n) is 1.81. The van der Waals surface area contributed by atoms with Gasteiger partial charge in [0.2, 0.25) is 0 Å². The summed E-state index contributed by atoms with van der Waals surface area (Å²) in [5.74, 6) is -1.34. The lowest BCUT2D eigenvalue weighted by atomic mass is 10.1. The highest BCUT2D eigenvalue weighted by Crippen LogP contribution is 2.31. The number of carbonyl (C=O) groups is 1. The topological polar surface area (TPSA) is 37.3 Å². The standard InChI is InChI=1S/C9H6F3IO2/c10-9(11,12)6-2-1-5(4-13)7(3-6)8(14)15/h1-3H,4H2,(H,14,15). The van der Waals surface area contributed by atoms with Crippen LogP contribution in [0.15, 0.2) is 18.2 Å². The van der Waals surface area contributed by atoms with E-state index >= 15 is 0 Å². The van der Waals surface area contributed by atoms with Crippen LogP contribution in [0.2, 0.25) is 0 Å². The Morgan fingerprint density at radius 1 is 1.40 bits per heavy atom. The highest BCUT2D eigenvalue weighted by atomic mass is 127. The van der Waals surface area contributed by atoms with Crippen LogP contribution in [0.5, 0.6) is 0 Å². The Balaban J connectivity index is 3.28. The molecule has 0 aliphatic rings. The summed E-state index contributed by atoms with van der Waals surface area (Å²) in [6.45, 7) is 0. The van der Waals surface area contributed by atoms with Gasteiger partial charge >= 0.3 is 12.1 Å². The van der Waals surface area contributed by atoms with Crippen LogP contribution in [0.25, 0.3) is 0 Å². The molecule has 0 saturated heterocycles. The first-order valence-corrected chi connectivity index (χ1v) is 5.38. The Labute approximate surface area is 97.2 Å². The third-order valence-corrected chi connectivity index (χ3v) is 2.63. The van der Waals surface area contributed by atoms with Gasteiger partial charge < -0.3 is 5.11 Å². The fraction of sp³-hybridized carbons (Fsp3) is 0.222. The second-order valence-electron chi connectivity index (χ2n) is 2.81. The molecule has 0 fully saturated rings. The summed E-state index contributed by atoms with van der Waals surface area (Å²) >= 11 is 1.90. The molecular weight excluding hydrogens is 324 g/mol. The molecule has 1 aromatic rings. The van der Waals surface area contributed by atoms with Gasteiger partial charge in [-0.05, 0) is 17.7 Å². The molecule has 1 N–H and O–H groups in total. The highest BCUT2D eigenvalue weighted by molar-refractivity contribution is 14.1. The fourth-order valence-corrected chi connectivity index (χ4v) is 1.73. The van der Waals surface area contributed by atoms with E-state index in [1.165, 1.54) is 6.07 Å². The number of carboxylic acids is 1. The first kappa shape index (κ1) is 12.3. The summed E-state index contributed by atoms with van der Waals surface area (Å²) in [4.78, 5) is 10.7. The summed E-state index contributed by atoms with van der Waals surface area (Å²) in [5, 5.41) is 8.72. The average Bonchev–Trinajstić information content (AvgIpc) is 2.15. The predicted octanol–water partition coefficient (Wildman–Crippen LogP) is 3.34. The van der Waals surface area contributed by atoms with Gasteiger partial charge in [0, 0.05) is 4.43 Å². The Morgan fingerprint density at radius 3 is 2.40 bits per heavy atom. The monoisotopic (exact) mass is 330 g/mol. The molecular formula is C9H6F3IO2. The average molecular weight is 330 g/mol. The van der Waals surface area contributed by atoms with Crippen LogP contribution in [0, 0.1) is 0 Å². The lowest BCUT2D eigenvalue weighted by molar-refractivity contribution is -0.137. The van der Waals surface area contributed by atoms with Crippen LogP contribution in [0.4, 0.5) is 13.2 Å². The van der Waals surface area contributed by atoms with Crippen molar-refractivity contribution in [2.75, 3.05) is 0 Å². The molecule has 0 bridgehead atoms. The van der Waals surface area contributed by atoms with E-state index in [0.29, 0.717) is 16.1 Å². The van der Waals surface area contributed by atoms with Crippen molar-refractivity contribution in [2.24, 2.45) is 0 Å². The quantitative estimate of drug-likeness (QED) is 0.667. The number of aromatic carboxylic acids is 1. The van der Waals surface area contributed by atoms with E-state index in [4.69, 9.17) is 5.11 Å². The van der Waals surface area contributed by atoms with Gasteiger partial charge in [-0.2, -0.15) is 13.2 Å². The van der Waals surface area contributed by atoms with Crippen molar-refractivity contribution in [1.82, 2.24) is 0 Å². The zero-order valence-electron chi connectivity index (χ0n) is 7.31. The summed E-state index contributed by atoms with van der Waals surface area (Å²) in [7, 11) is 0. The molecule has 1 rings (SSSR count). The minimum atomic E-state index is -4.51. The molecule has 6 heteroatoms. The van der Waals surface area contributed by atoms with Crippen LogP contribution >= 0.6 is 22.6 Å². The normalized spacial score (nSPS) is 11.5. The first-order chi connectivity index (χ1) is 6.86. The number of hydrogen-bond donors (Lipinski definition) is 1. The molecule has 0 saturated carbocycles. The Hall–Kier alpha value is -0.790. The number of benzene rings is 1. The van der Waals surface area contributed by atoms with Crippen LogP contribution in [0.3, 0.4) is 0 Å². The van der Waals surface area contributed by atoms with Crippen molar-refractivity contribution in [1.29, 1.82) is 0 Å². The van der Waals surface area contributed by atoms with Crippen LogP contribution in [0.1, 0.15) is 21.5 Å². The number of carboxylic acid groups (broad SMARTS) is 1. The van der Waals surface area contributed by atoms with Crippen molar-refractivity contribution in [3.05, 3.63) is 34.9 Å². The third kappa shape index (κ3) is 2.83. The van der Waals surface area contributed by atoms with Gasteiger partial charge in [-0.25, -0.2) is 4.79 Å². The van der Waals surface area contributed by atoms with E-state index < -0.39 is 17.7 Å². The van der Waals surface area contributed by atoms with Crippen molar-refractivity contribution in [3.8, 4) is 0 Å². The number of rotatable bonds is 2. The van der Waals surface area contributed by atoms with Gasteiger partial charge in [0.05, 0.1) is 11.1 Å². The van der Waals surface area contributed by atoms with E-state index in [-0.39, 0.29) is 5.56 Å². The summed E-state index contributed by atoms with van der Waals surface area (Å²) in [6.07, 6.45) is -4.51. The lowest BCUT2D eigenvalue weighted by Crippen LogP contribution is -2.09. The zero-order valence-corrected chi connectivity index (χ0v) is 9.46. The van der Waals surface area contributed by atoms with Crippen molar-refractivity contribution in [2.45, 2.75) is 10.6 Å². The minimum absolute atomic E-state index is 0.292. The van der Waals surface area contributed by atoms with E-state index in [2.05, 4.69) is 0 Å². The molecule has 0 unspecified atom stereocenters. The number of alkyl halides is 4. The Morgan fingerprint density at radius 2 is 2.00 bits per heavy atom. The highest BCUT2D eigenvalue weighted by Gasteiger charge is 2.31. The molecule has 0 aliphatic heterocycles.